The highest BCUT2D eigenvalue weighted by Crippen LogP contribution is 2.33. The standard InChI is InChI=1S/C23H23FN6O3/c1-13-9-15(10-17(12-31)26-13)19-20(14-4-6-16(24)7-5-14)27-22(25)30-21(19)28-29(23(30)32)11-18-3-2-8-33-18/h4-7,9-10,18,31H,2-3,8,11-12H2,1H3,(H2,25,26,27,28)/p+1/t18-/m1/s1. The van der Waals surface area contributed by atoms with Gasteiger partial charge in [-0.3, -0.25) is 4.98 Å². The van der Waals surface area contributed by atoms with Gasteiger partial charge in [0.15, 0.2) is 0 Å². The maximum Gasteiger partial charge on any atom is 0.428 e. The second-order valence-corrected chi connectivity index (χ2v) is 8.17. The zero-order chi connectivity index (χ0) is 23.1. The second-order valence-electron chi connectivity index (χ2n) is 8.17. The van der Waals surface area contributed by atoms with Gasteiger partial charge in [0.1, 0.15) is 18.1 Å². The molecule has 0 bridgehead atoms. The van der Waals surface area contributed by atoms with Gasteiger partial charge < -0.3 is 15.6 Å². The number of nitrogen functional groups attached to an aromatic ring is 1. The summed E-state index contributed by atoms with van der Waals surface area (Å²) in [6.45, 7) is 2.62. The number of H-pyrrole nitrogens is 1. The zero-order valence-corrected chi connectivity index (χ0v) is 18.1. The number of aryl methyl sites for hydroxylation is 1. The average molecular weight is 451 g/mol. The first kappa shape index (κ1) is 21.2. The molecule has 1 atom stereocenters. The molecule has 1 saturated heterocycles. The number of fused-ring (bicyclic) bond motifs is 1. The van der Waals surface area contributed by atoms with Crippen LogP contribution >= 0.6 is 0 Å². The molecule has 0 saturated carbocycles. The molecule has 1 aliphatic heterocycles. The first-order chi connectivity index (χ1) is 15.9. The maximum atomic E-state index is 13.6. The topological polar surface area (TPSA) is 123 Å². The molecule has 0 unspecified atom stereocenters. The number of nitrogens with zero attached hydrogens (tertiary/aromatic N) is 4. The smallest absolute Gasteiger partial charge is 0.390 e. The number of anilines is 1. The lowest BCUT2D eigenvalue weighted by molar-refractivity contribution is -0.516. The van der Waals surface area contributed by atoms with Crippen LogP contribution in [0.3, 0.4) is 0 Å². The fraction of sp³-hybridized carbons (Fsp3) is 0.304. The van der Waals surface area contributed by atoms with Gasteiger partial charge in [-0.1, -0.05) is 0 Å². The van der Waals surface area contributed by atoms with Crippen molar-refractivity contribution in [3.05, 3.63) is 64.1 Å². The van der Waals surface area contributed by atoms with Crippen molar-refractivity contribution < 1.29 is 18.6 Å². The summed E-state index contributed by atoms with van der Waals surface area (Å²) in [6.07, 6.45) is 1.77. The lowest BCUT2D eigenvalue weighted by Crippen LogP contribution is -2.45. The average Bonchev–Trinajstić information content (AvgIpc) is 3.42. The van der Waals surface area contributed by atoms with Crippen LogP contribution < -0.4 is 15.8 Å². The van der Waals surface area contributed by atoms with Gasteiger partial charge in [0.05, 0.1) is 24.0 Å². The third kappa shape index (κ3) is 3.87. The Kier molecular flexibility index (Phi) is 5.39. The van der Waals surface area contributed by atoms with Crippen LogP contribution in [0.15, 0.2) is 41.2 Å². The summed E-state index contributed by atoms with van der Waals surface area (Å²) in [5, 5.41) is 12.9. The van der Waals surface area contributed by atoms with E-state index in [1.807, 2.05) is 13.0 Å². The van der Waals surface area contributed by atoms with Crippen molar-refractivity contribution in [2.45, 2.75) is 39.0 Å². The molecular weight excluding hydrogens is 427 g/mol. The summed E-state index contributed by atoms with van der Waals surface area (Å²) < 4.78 is 22.1. The highest BCUT2D eigenvalue weighted by molar-refractivity contribution is 5.88. The molecular formula is C23H24FN6O3+. The summed E-state index contributed by atoms with van der Waals surface area (Å²) in [4.78, 5) is 22.1. The number of hydrogen-bond donors (Lipinski definition) is 3. The fourth-order valence-electron chi connectivity index (χ4n) is 4.32. The zero-order valence-electron chi connectivity index (χ0n) is 18.1. The van der Waals surface area contributed by atoms with Gasteiger partial charge in [-0.15, -0.1) is 9.38 Å². The maximum absolute atomic E-state index is 13.6. The van der Waals surface area contributed by atoms with Crippen molar-refractivity contribution in [2.24, 2.45) is 0 Å². The Morgan fingerprint density at radius 3 is 2.76 bits per heavy atom. The van der Waals surface area contributed by atoms with Crippen LogP contribution in [-0.2, 0) is 17.9 Å². The van der Waals surface area contributed by atoms with E-state index in [0.717, 1.165) is 12.8 Å². The second kappa shape index (κ2) is 8.38. The molecule has 3 aromatic heterocycles. The number of benzene rings is 1. The van der Waals surface area contributed by atoms with Crippen molar-refractivity contribution in [1.29, 1.82) is 0 Å². The van der Waals surface area contributed by atoms with Crippen LogP contribution in [-0.4, -0.2) is 37.6 Å². The molecule has 4 aromatic rings. The molecule has 4 heterocycles. The molecule has 0 spiro atoms. The number of nitrogens with one attached hydrogen (secondary N) is 1. The highest BCUT2D eigenvalue weighted by atomic mass is 19.1. The summed E-state index contributed by atoms with van der Waals surface area (Å²) in [6, 6.07) is 9.49. The van der Waals surface area contributed by atoms with E-state index >= 15 is 0 Å². The van der Waals surface area contributed by atoms with E-state index in [2.05, 4.69) is 15.1 Å². The molecule has 5 rings (SSSR count). The van der Waals surface area contributed by atoms with Crippen LogP contribution in [0.5, 0.6) is 0 Å². The van der Waals surface area contributed by atoms with Crippen LogP contribution in [0.2, 0.25) is 0 Å². The van der Waals surface area contributed by atoms with E-state index in [1.165, 1.54) is 21.2 Å². The van der Waals surface area contributed by atoms with E-state index < -0.39 is 0 Å². The first-order valence-corrected chi connectivity index (χ1v) is 10.7. The van der Waals surface area contributed by atoms with Crippen molar-refractivity contribution in [3.63, 3.8) is 0 Å². The van der Waals surface area contributed by atoms with E-state index in [-0.39, 0.29) is 30.2 Å². The van der Waals surface area contributed by atoms with Crippen LogP contribution in [0.1, 0.15) is 24.2 Å². The first-order valence-electron chi connectivity index (χ1n) is 10.7. The summed E-state index contributed by atoms with van der Waals surface area (Å²) in [7, 11) is 0. The molecule has 1 aliphatic rings. The lowest BCUT2D eigenvalue weighted by atomic mass is 9.99. The van der Waals surface area contributed by atoms with Crippen molar-refractivity contribution in [1.82, 2.24) is 19.7 Å². The predicted octanol–water partition coefficient (Wildman–Crippen LogP) is 1.74. The quantitative estimate of drug-likeness (QED) is 0.397. The summed E-state index contributed by atoms with van der Waals surface area (Å²) in [5.74, 6) is -0.365. The molecule has 0 aliphatic carbocycles. The molecule has 9 nitrogen and oxygen atoms in total. The minimum Gasteiger partial charge on any atom is -0.390 e. The number of ether oxygens (including phenoxy) is 1. The summed E-state index contributed by atoms with van der Waals surface area (Å²) >= 11 is 0. The predicted molar refractivity (Wildman–Crippen MR) is 119 cm³/mol. The number of aromatic nitrogens is 5. The van der Waals surface area contributed by atoms with E-state index in [4.69, 9.17) is 10.5 Å². The molecule has 0 radical (unpaired) electrons. The molecule has 0 amide bonds. The molecule has 170 valence electrons. The van der Waals surface area contributed by atoms with Crippen molar-refractivity contribution in [2.75, 3.05) is 12.3 Å². The number of hydrogen-bond acceptors (Lipinski definition) is 6. The van der Waals surface area contributed by atoms with Gasteiger partial charge in [0.2, 0.25) is 5.65 Å². The van der Waals surface area contributed by atoms with Crippen LogP contribution in [0, 0.1) is 12.7 Å². The van der Waals surface area contributed by atoms with E-state index in [0.29, 0.717) is 52.6 Å². The Morgan fingerprint density at radius 2 is 2.06 bits per heavy atom. The molecule has 10 heteroatoms. The fourth-order valence-corrected chi connectivity index (χ4v) is 4.32. The Labute approximate surface area is 188 Å². The Balaban J connectivity index is 1.80. The van der Waals surface area contributed by atoms with Gasteiger partial charge in [0.25, 0.3) is 0 Å². The van der Waals surface area contributed by atoms with Crippen LogP contribution in [0.25, 0.3) is 28.0 Å². The Hall–Kier alpha value is -3.63. The normalized spacial score (nSPS) is 16.0. The third-order valence-corrected chi connectivity index (χ3v) is 5.80. The number of nitrogens with two attached hydrogens (primary N) is 1. The molecule has 4 N–H and O–H groups in total. The lowest BCUT2D eigenvalue weighted by Gasteiger charge is -2.10. The monoisotopic (exact) mass is 451 g/mol. The van der Waals surface area contributed by atoms with Gasteiger partial charge in [-0.05, 0) is 61.7 Å². The Bertz CT molecular complexity index is 1390. The van der Waals surface area contributed by atoms with E-state index in [9.17, 15) is 14.3 Å². The third-order valence-electron chi connectivity index (χ3n) is 5.80. The number of aliphatic hydroxyl groups is 1. The Morgan fingerprint density at radius 1 is 1.27 bits per heavy atom. The minimum absolute atomic E-state index is 0.00794. The largest absolute Gasteiger partial charge is 0.428 e. The van der Waals surface area contributed by atoms with Gasteiger partial charge in [0, 0.05) is 17.9 Å². The molecule has 1 fully saturated rings. The number of aromatic amines is 1. The van der Waals surface area contributed by atoms with E-state index in [1.54, 1.807) is 18.2 Å². The number of rotatable bonds is 5. The molecule has 33 heavy (non-hydrogen) atoms. The number of aliphatic hydroxyl groups excluding tert-OH is 1. The number of halogens is 1. The van der Waals surface area contributed by atoms with Gasteiger partial charge >= 0.3 is 11.6 Å². The SMILES string of the molecule is Cc1cc(-c2c(-c3ccc(F)cc3)nc(N)[n+]3c(=O)n(C[C@H]4CCCO4)[nH]c23)cc(CO)n1. The number of pyridine rings is 1. The van der Waals surface area contributed by atoms with Gasteiger partial charge in [-0.2, -0.15) is 4.68 Å². The van der Waals surface area contributed by atoms with Crippen LogP contribution in [0.4, 0.5) is 10.3 Å². The minimum atomic E-state index is -0.373. The van der Waals surface area contributed by atoms with Gasteiger partial charge in [-0.25, -0.2) is 14.3 Å². The van der Waals surface area contributed by atoms with Crippen molar-refractivity contribution >= 4 is 11.6 Å². The summed E-state index contributed by atoms with van der Waals surface area (Å²) in [5.41, 5.74) is 9.90. The molecule has 1 aromatic carbocycles. The highest BCUT2D eigenvalue weighted by Gasteiger charge is 2.28. The van der Waals surface area contributed by atoms with Crippen molar-refractivity contribution in [3.8, 4) is 22.4 Å².